The molecule has 2 aromatic rings. The van der Waals surface area contributed by atoms with Gasteiger partial charge in [0.15, 0.2) is 0 Å². The van der Waals surface area contributed by atoms with Crippen LogP contribution in [0.1, 0.15) is 38.7 Å². The first-order valence-electron chi connectivity index (χ1n) is 7.61. The van der Waals surface area contributed by atoms with Crippen LogP contribution in [-0.2, 0) is 13.0 Å². The van der Waals surface area contributed by atoms with Gasteiger partial charge in [-0.1, -0.05) is 6.42 Å². The number of aromatic nitrogens is 2. The van der Waals surface area contributed by atoms with Crippen LogP contribution < -0.4 is 5.73 Å². The van der Waals surface area contributed by atoms with Crippen molar-refractivity contribution >= 4 is 11.0 Å². The largest absolute Gasteiger partial charge is 0.332 e. The molecule has 0 saturated carbocycles. The van der Waals surface area contributed by atoms with Crippen molar-refractivity contribution in [3.8, 4) is 6.07 Å². The lowest BCUT2D eigenvalue weighted by Crippen LogP contribution is -2.08. The summed E-state index contributed by atoms with van der Waals surface area (Å²) in [5, 5.41) is 10.2. The van der Waals surface area contributed by atoms with E-state index < -0.39 is 0 Å². The molecule has 0 unspecified atom stereocenters. The number of fused-ring (bicyclic) bond motifs is 1. The molecule has 0 aliphatic rings. The van der Waals surface area contributed by atoms with Gasteiger partial charge < -0.3 is 10.3 Å². The summed E-state index contributed by atoms with van der Waals surface area (Å²) in [7, 11) is 0. The second-order valence-corrected chi connectivity index (χ2v) is 6.21. The van der Waals surface area contributed by atoms with E-state index >= 15 is 0 Å². The van der Waals surface area contributed by atoms with E-state index in [1.165, 1.54) is 10.9 Å². The first kappa shape index (κ1) is 15.5. The topological polar surface area (TPSA) is 67.6 Å². The zero-order valence-corrected chi connectivity index (χ0v) is 13.0. The molecule has 0 spiro atoms. The molecule has 2 N–H and O–H groups in total. The molecular formula is C17H24N4. The van der Waals surface area contributed by atoms with Gasteiger partial charge in [-0.2, -0.15) is 5.26 Å². The average Bonchev–Trinajstić information content (AvgIpc) is 2.83. The summed E-state index contributed by atoms with van der Waals surface area (Å²) in [5.41, 5.74) is 7.78. The quantitative estimate of drug-likeness (QED) is 0.793. The van der Waals surface area contributed by atoms with Gasteiger partial charge in [0.1, 0.15) is 5.65 Å². The normalized spacial score (nSPS) is 11.7. The number of nitrogens with zero attached hydrogens (tertiary/aromatic N) is 3. The Bertz CT molecular complexity index is 634. The van der Waals surface area contributed by atoms with Gasteiger partial charge in [0.25, 0.3) is 0 Å². The molecule has 4 nitrogen and oxygen atoms in total. The van der Waals surface area contributed by atoms with E-state index in [0.717, 1.165) is 37.9 Å². The molecule has 0 aliphatic carbocycles. The van der Waals surface area contributed by atoms with Gasteiger partial charge in [0.2, 0.25) is 0 Å². The van der Waals surface area contributed by atoms with Gasteiger partial charge in [-0.3, -0.25) is 0 Å². The SMILES string of the molecule is CC(C)(C#N)CCCCn1cc(CCN)c2cccnc21. The minimum atomic E-state index is -0.221. The Morgan fingerprint density at radius 2 is 2.19 bits per heavy atom. The zero-order chi connectivity index (χ0) is 15.3. The Labute approximate surface area is 126 Å². The fourth-order valence-corrected chi connectivity index (χ4v) is 2.63. The van der Waals surface area contributed by atoms with Crippen LogP contribution in [0.5, 0.6) is 0 Å². The average molecular weight is 284 g/mol. The zero-order valence-electron chi connectivity index (χ0n) is 13.0. The van der Waals surface area contributed by atoms with E-state index in [-0.39, 0.29) is 5.41 Å². The first-order chi connectivity index (χ1) is 10.1. The molecule has 0 aromatic carbocycles. The first-order valence-corrected chi connectivity index (χ1v) is 7.61. The van der Waals surface area contributed by atoms with Crippen LogP contribution in [-0.4, -0.2) is 16.1 Å². The molecule has 112 valence electrons. The number of hydrogen-bond donors (Lipinski definition) is 1. The molecule has 21 heavy (non-hydrogen) atoms. The summed E-state index contributed by atoms with van der Waals surface area (Å²) < 4.78 is 2.22. The Kier molecular flexibility index (Phi) is 4.98. The Morgan fingerprint density at radius 3 is 2.90 bits per heavy atom. The maximum atomic E-state index is 9.04. The van der Waals surface area contributed by atoms with Gasteiger partial charge in [-0.25, -0.2) is 4.98 Å². The van der Waals surface area contributed by atoms with E-state index in [1.807, 2.05) is 26.1 Å². The summed E-state index contributed by atoms with van der Waals surface area (Å²) in [6, 6.07) is 6.45. The number of aryl methyl sites for hydroxylation is 1. The monoisotopic (exact) mass is 284 g/mol. The van der Waals surface area contributed by atoms with Gasteiger partial charge >= 0.3 is 0 Å². The number of nitrogens with two attached hydrogens (primary N) is 1. The van der Waals surface area contributed by atoms with Crippen LogP contribution in [0.4, 0.5) is 0 Å². The van der Waals surface area contributed by atoms with Crippen LogP contribution in [0.3, 0.4) is 0 Å². The van der Waals surface area contributed by atoms with Gasteiger partial charge in [-0.15, -0.1) is 0 Å². The van der Waals surface area contributed by atoms with Crippen molar-refractivity contribution in [3.63, 3.8) is 0 Å². The van der Waals surface area contributed by atoms with Crippen molar-refractivity contribution in [1.82, 2.24) is 9.55 Å². The summed E-state index contributed by atoms with van der Waals surface area (Å²) in [5.74, 6) is 0. The number of pyridine rings is 1. The van der Waals surface area contributed by atoms with Gasteiger partial charge in [0, 0.05) is 24.3 Å². The molecule has 2 heterocycles. The standard InChI is InChI=1S/C17H24N4/c1-17(2,13-19)8-3-4-11-21-12-14(7-9-18)15-6-5-10-20-16(15)21/h5-6,10,12H,3-4,7-9,11,18H2,1-2H3. The van der Waals surface area contributed by atoms with E-state index in [0.29, 0.717) is 6.54 Å². The number of nitriles is 1. The number of unbranched alkanes of at least 4 members (excludes halogenated alkanes) is 1. The maximum absolute atomic E-state index is 9.04. The van der Waals surface area contributed by atoms with Crippen LogP contribution >= 0.6 is 0 Å². The van der Waals surface area contributed by atoms with E-state index in [2.05, 4.69) is 27.9 Å². The van der Waals surface area contributed by atoms with Gasteiger partial charge in [-0.05, 0) is 57.4 Å². The van der Waals surface area contributed by atoms with Crippen LogP contribution in [0, 0.1) is 16.7 Å². The van der Waals surface area contributed by atoms with Crippen molar-refractivity contribution < 1.29 is 0 Å². The third kappa shape index (κ3) is 3.83. The molecule has 4 heteroatoms. The molecule has 0 radical (unpaired) electrons. The highest BCUT2D eigenvalue weighted by Crippen LogP contribution is 2.23. The highest BCUT2D eigenvalue weighted by Gasteiger charge is 2.15. The predicted octanol–water partition coefficient (Wildman–Crippen LogP) is 3.26. The number of rotatable bonds is 7. The van der Waals surface area contributed by atoms with Crippen LogP contribution in [0.2, 0.25) is 0 Å². The molecule has 0 saturated heterocycles. The summed E-state index contributed by atoms with van der Waals surface area (Å²) in [4.78, 5) is 4.50. The second-order valence-electron chi connectivity index (χ2n) is 6.21. The molecule has 0 amide bonds. The molecule has 0 bridgehead atoms. The second kappa shape index (κ2) is 6.73. The third-order valence-corrected chi connectivity index (χ3v) is 3.88. The molecule has 0 aliphatic heterocycles. The summed E-state index contributed by atoms with van der Waals surface area (Å²) in [6.07, 6.45) is 7.96. The van der Waals surface area contributed by atoms with Crippen molar-refractivity contribution in [2.45, 2.75) is 46.1 Å². The third-order valence-electron chi connectivity index (χ3n) is 3.88. The van der Waals surface area contributed by atoms with Crippen molar-refractivity contribution in [3.05, 3.63) is 30.1 Å². The molecule has 2 rings (SSSR count). The fourth-order valence-electron chi connectivity index (χ4n) is 2.63. The molecule has 0 atom stereocenters. The van der Waals surface area contributed by atoms with Crippen LogP contribution in [0.15, 0.2) is 24.5 Å². The summed E-state index contributed by atoms with van der Waals surface area (Å²) >= 11 is 0. The van der Waals surface area contributed by atoms with Gasteiger partial charge in [0.05, 0.1) is 11.5 Å². The Morgan fingerprint density at radius 1 is 1.38 bits per heavy atom. The van der Waals surface area contributed by atoms with Crippen molar-refractivity contribution in [1.29, 1.82) is 5.26 Å². The van der Waals surface area contributed by atoms with Crippen molar-refractivity contribution in [2.24, 2.45) is 11.1 Å². The highest BCUT2D eigenvalue weighted by molar-refractivity contribution is 5.80. The van der Waals surface area contributed by atoms with Crippen LogP contribution in [0.25, 0.3) is 11.0 Å². The van der Waals surface area contributed by atoms with E-state index in [1.54, 1.807) is 0 Å². The number of hydrogen-bond acceptors (Lipinski definition) is 3. The van der Waals surface area contributed by atoms with E-state index in [4.69, 9.17) is 11.0 Å². The minimum absolute atomic E-state index is 0.221. The molecule has 2 aromatic heterocycles. The Hall–Kier alpha value is -1.86. The van der Waals surface area contributed by atoms with E-state index in [9.17, 15) is 0 Å². The molecule has 0 fully saturated rings. The fraction of sp³-hybridized carbons (Fsp3) is 0.529. The predicted molar refractivity (Wildman–Crippen MR) is 85.7 cm³/mol. The maximum Gasteiger partial charge on any atom is 0.140 e. The smallest absolute Gasteiger partial charge is 0.140 e. The highest BCUT2D eigenvalue weighted by atomic mass is 15.0. The lowest BCUT2D eigenvalue weighted by Gasteiger charge is -2.14. The van der Waals surface area contributed by atoms with Crippen molar-refractivity contribution in [2.75, 3.05) is 6.54 Å². The minimum Gasteiger partial charge on any atom is -0.332 e. The lowest BCUT2D eigenvalue weighted by atomic mass is 9.89. The Balaban J connectivity index is 2.04. The summed E-state index contributed by atoms with van der Waals surface area (Å²) in [6.45, 7) is 5.60. The molecular weight excluding hydrogens is 260 g/mol. The lowest BCUT2D eigenvalue weighted by molar-refractivity contribution is 0.418.